The third kappa shape index (κ3) is 3.37. The van der Waals surface area contributed by atoms with Gasteiger partial charge in [-0.1, -0.05) is 0 Å². The summed E-state index contributed by atoms with van der Waals surface area (Å²) < 4.78 is 34.5. The summed E-state index contributed by atoms with van der Waals surface area (Å²) in [5.41, 5.74) is -0.276. The van der Waals surface area contributed by atoms with Gasteiger partial charge < -0.3 is 9.47 Å². The van der Waals surface area contributed by atoms with E-state index in [-0.39, 0.29) is 18.0 Å². The number of nitro groups is 1. The minimum Gasteiger partial charge on any atom is -0.459 e. The largest absolute Gasteiger partial charge is 0.502 e. The van der Waals surface area contributed by atoms with Gasteiger partial charge in [-0.3, -0.25) is 10.1 Å². The Hall–Kier alpha value is -2.25. The summed E-state index contributed by atoms with van der Waals surface area (Å²) in [5, 5.41) is 10.3. The van der Waals surface area contributed by atoms with Crippen molar-refractivity contribution in [2.75, 3.05) is 6.61 Å². The van der Waals surface area contributed by atoms with Crippen molar-refractivity contribution in [3.8, 4) is 5.75 Å². The molecule has 0 aromatic heterocycles. The molecule has 0 saturated carbocycles. The first-order valence-electron chi connectivity index (χ1n) is 4.85. The number of hydrogen-bond donors (Lipinski definition) is 0. The second-order valence-electron chi connectivity index (χ2n) is 3.09. The quantitative estimate of drug-likeness (QED) is 0.461. The molecule has 0 heterocycles. The molecule has 0 bridgehead atoms. The molecule has 0 aliphatic rings. The number of non-ortho nitro benzene ring substituents is 1. The minimum absolute atomic E-state index is 0.210. The molecular weight excluding hydrogens is 252 g/mol. The average Bonchev–Trinajstić information content (AvgIpc) is 2.29. The SMILES string of the molecule is CCOC(=O)C(F)(F)Oc1ccc([N+](=O)[O-])cc1. The van der Waals surface area contributed by atoms with Crippen molar-refractivity contribution in [2.45, 2.75) is 13.0 Å². The molecule has 1 aromatic carbocycles. The number of alkyl halides is 2. The zero-order valence-corrected chi connectivity index (χ0v) is 9.26. The number of carbonyl (C=O) groups is 1. The van der Waals surface area contributed by atoms with Crippen LogP contribution >= 0.6 is 0 Å². The van der Waals surface area contributed by atoms with E-state index in [0.29, 0.717) is 0 Å². The summed E-state index contributed by atoms with van der Waals surface area (Å²) in [6.07, 6.45) is -4.13. The van der Waals surface area contributed by atoms with Gasteiger partial charge in [0.15, 0.2) is 0 Å². The zero-order chi connectivity index (χ0) is 13.8. The van der Waals surface area contributed by atoms with Gasteiger partial charge >= 0.3 is 12.1 Å². The highest BCUT2D eigenvalue weighted by atomic mass is 19.3. The number of esters is 1. The third-order valence-electron chi connectivity index (χ3n) is 1.81. The maximum Gasteiger partial charge on any atom is 0.502 e. The van der Waals surface area contributed by atoms with E-state index in [1.54, 1.807) is 0 Å². The highest BCUT2D eigenvalue weighted by Gasteiger charge is 2.44. The normalized spacial score (nSPS) is 10.8. The van der Waals surface area contributed by atoms with Gasteiger partial charge in [0, 0.05) is 12.1 Å². The van der Waals surface area contributed by atoms with Crippen LogP contribution in [-0.4, -0.2) is 23.6 Å². The maximum atomic E-state index is 13.1. The van der Waals surface area contributed by atoms with Gasteiger partial charge in [-0.25, -0.2) is 4.79 Å². The molecule has 0 spiro atoms. The monoisotopic (exact) mass is 261 g/mol. The van der Waals surface area contributed by atoms with Crippen LogP contribution in [0.4, 0.5) is 14.5 Å². The van der Waals surface area contributed by atoms with Gasteiger partial charge in [0.1, 0.15) is 5.75 Å². The van der Waals surface area contributed by atoms with Crippen LogP contribution in [0.5, 0.6) is 5.75 Å². The second kappa shape index (κ2) is 5.39. The van der Waals surface area contributed by atoms with Crippen LogP contribution in [0, 0.1) is 10.1 Å². The molecule has 0 radical (unpaired) electrons. The Labute approximate surface area is 100 Å². The number of nitrogens with zero attached hydrogens (tertiary/aromatic N) is 1. The van der Waals surface area contributed by atoms with Gasteiger partial charge in [-0.2, -0.15) is 8.78 Å². The summed E-state index contributed by atoms with van der Waals surface area (Å²) in [6, 6.07) is 3.89. The van der Waals surface area contributed by atoms with E-state index >= 15 is 0 Å². The molecular formula is C10H9F2NO5. The summed E-state index contributed by atoms with van der Waals surface area (Å²) in [5.74, 6) is -2.19. The highest BCUT2D eigenvalue weighted by molar-refractivity contribution is 5.76. The van der Waals surface area contributed by atoms with Gasteiger partial charge in [-0.15, -0.1) is 0 Å². The average molecular weight is 261 g/mol. The Balaban J connectivity index is 2.78. The van der Waals surface area contributed by atoms with Crippen LogP contribution in [0.2, 0.25) is 0 Å². The van der Waals surface area contributed by atoms with E-state index in [9.17, 15) is 23.7 Å². The van der Waals surface area contributed by atoms with Crippen molar-refractivity contribution in [3.05, 3.63) is 34.4 Å². The van der Waals surface area contributed by atoms with Crippen molar-refractivity contribution in [1.29, 1.82) is 0 Å². The van der Waals surface area contributed by atoms with Crippen LogP contribution in [0.15, 0.2) is 24.3 Å². The smallest absolute Gasteiger partial charge is 0.459 e. The molecule has 18 heavy (non-hydrogen) atoms. The van der Waals surface area contributed by atoms with Crippen LogP contribution in [-0.2, 0) is 9.53 Å². The molecule has 0 atom stereocenters. The van der Waals surface area contributed by atoms with Gasteiger partial charge in [0.2, 0.25) is 0 Å². The number of carbonyl (C=O) groups excluding carboxylic acids is 1. The number of rotatable bonds is 5. The Morgan fingerprint density at radius 3 is 2.39 bits per heavy atom. The second-order valence-corrected chi connectivity index (χ2v) is 3.09. The molecule has 0 unspecified atom stereocenters. The van der Waals surface area contributed by atoms with Crippen molar-refractivity contribution < 1.29 is 28.0 Å². The standard InChI is InChI=1S/C10H9F2NO5/c1-2-17-9(14)10(11,12)18-8-5-3-7(4-6-8)13(15)16/h3-6H,2H2,1H3. The zero-order valence-electron chi connectivity index (χ0n) is 9.26. The van der Waals surface area contributed by atoms with Gasteiger partial charge in [-0.05, 0) is 19.1 Å². The molecule has 0 N–H and O–H groups in total. The Kier molecular flexibility index (Phi) is 4.13. The summed E-state index contributed by atoms with van der Waals surface area (Å²) in [6.45, 7) is 1.16. The van der Waals surface area contributed by atoms with Gasteiger partial charge in [0.25, 0.3) is 5.69 Å². The molecule has 0 aliphatic heterocycles. The fourth-order valence-electron chi connectivity index (χ4n) is 1.04. The van der Waals surface area contributed by atoms with Crippen LogP contribution < -0.4 is 4.74 Å². The molecule has 98 valence electrons. The number of hydrogen-bond acceptors (Lipinski definition) is 5. The molecule has 0 amide bonds. The molecule has 0 fully saturated rings. The molecule has 1 rings (SSSR count). The van der Waals surface area contributed by atoms with Crippen LogP contribution in [0.25, 0.3) is 0 Å². The van der Waals surface area contributed by atoms with Crippen LogP contribution in [0.3, 0.4) is 0 Å². The first kappa shape index (κ1) is 13.8. The van der Waals surface area contributed by atoms with Crippen molar-refractivity contribution in [2.24, 2.45) is 0 Å². The molecule has 0 aliphatic carbocycles. The number of benzene rings is 1. The topological polar surface area (TPSA) is 78.7 Å². The lowest BCUT2D eigenvalue weighted by molar-refractivity contribution is -0.384. The van der Waals surface area contributed by atoms with E-state index in [2.05, 4.69) is 9.47 Å². The molecule has 0 saturated heterocycles. The molecule has 8 heteroatoms. The lowest BCUT2D eigenvalue weighted by atomic mass is 10.3. The predicted octanol–water partition coefficient (Wildman–Crippen LogP) is 2.13. The lowest BCUT2D eigenvalue weighted by Crippen LogP contribution is -2.36. The van der Waals surface area contributed by atoms with Crippen molar-refractivity contribution in [3.63, 3.8) is 0 Å². The fraction of sp³-hybridized carbons (Fsp3) is 0.300. The fourth-order valence-corrected chi connectivity index (χ4v) is 1.04. The van der Waals surface area contributed by atoms with E-state index in [1.807, 2.05) is 0 Å². The highest BCUT2D eigenvalue weighted by Crippen LogP contribution is 2.24. The first-order valence-corrected chi connectivity index (χ1v) is 4.85. The van der Waals surface area contributed by atoms with Crippen molar-refractivity contribution >= 4 is 11.7 Å². The summed E-state index contributed by atoms with van der Waals surface area (Å²) >= 11 is 0. The van der Waals surface area contributed by atoms with E-state index in [1.165, 1.54) is 6.92 Å². The van der Waals surface area contributed by atoms with E-state index < -0.39 is 17.0 Å². The van der Waals surface area contributed by atoms with Gasteiger partial charge in [0.05, 0.1) is 11.5 Å². The van der Waals surface area contributed by atoms with E-state index in [0.717, 1.165) is 24.3 Å². The Bertz CT molecular complexity index is 446. The summed E-state index contributed by atoms with van der Waals surface area (Å²) in [7, 11) is 0. The molecule has 1 aromatic rings. The van der Waals surface area contributed by atoms with Crippen LogP contribution in [0.1, 0.15) is 6.92 Å². The Morgan fingerprint density at radius 1 is 1.39 bits per heavy atom. The number of ether oxygens (including phenoxy) is 2. The minimum atomic E-state index is -4.13. The molecule has 6 nitrogen and oxygen atoms in total. The summed E-state index contributed by atoms with van der Waals surface area (Å²) in [4.78, 5) is 20.5. The predicted molar refractivity (Wildman–Crippen MR) is 55.3 cm³/mol. The Morgan fingerprint density at radius 2 is 1.94 bits per heavy atom. The lowest BCUT2D eigenvalue weighted by Gasteiger charge is -2.15. The van der Waals surface area contributed by atoms with Crippen molar-refractivity contribution in [1.82, 2.24) is 0 Å². The van der Waals surface area contributed by atoms with E-state index in [4.69, 9.17) is 0 Å². The maximum absolute atomic E-state index is 13.1. The number of nitro benzene ring substituents is 1. The number of halogens is 2. The third-order valence-corrected chi connectivity index (χ3v) is 1.81. The first-order chi connectivity index (χ1) is 8.36.